The minimum absolute atomic E-state index is 0.323. The van der Waals surface area contributed by atoms with Crippen molar-refractivity contribution in [3.05, 3.63) is 85.3 Å². The molecule has 0 bridgehead atoms. The highest BCUT2D eigenvalue weighted by Gasteiger charge is 2.12. The standard InChI is InChI=1S/C24H25N7O/c1-17(32-24(2,3)4)29-21-11-10-18(14-25-21)15-28-30-22-20-12-13-31(23(20)27-16-26-22)19-8-6-5-7-9-19/h5-16H,1H2,2-4H3,(H,25,29)(H,26,27,30)/b28-15+. The van der Waals surface area contributed by atoms with E-state index in [0.717, 1.165) is 22.3 Å². The predicted molar refractivity (Wildman–Crippen MR) is 128 cm³/mol. The minimum atomic E-state index is -0.323. The number of anilines is 2. The molecule has 3 aromatic heterocycles. The highest BCUT2D eigenvalue weighted by Crippen LogP contribution is 2.23. The number of hydrazone groups is 1. The number of rotatable bonds is 7. The van der Waals surface area contributed by atoms with Crippen LogP contribution in [0, 0.1) is 0 Å². The van der Waals surface area contributed by atoms with Crippen molar-refractivity contribution in [3.8, 4) is 5.69 Å². The van der Waals surface area contributed by atoms with Crippen molar-refractivity contribution < 1.29 is 4.74 Å². The molecule has 3 heterocycles. The van der Waals surface area contributed by atoms with Crippen LogP contribution in [0.1, 0.15) is 26.3 Å². The number of nitrogens with zero attached hydrogens (tertiary/aromatic N) is 5. The summed E-state index contributed by atoms with van der Waals surface area (Å²) < 4.78 is 7.67. The minimum Gasteiger partial charge on any atom is -0.474 e. The lowest BCUT2D eigenvalue weighted by molar-refractivity contribution is 0.0564. The molecule has 0 aliphatic heterocycles. The third-order valence-electron chi connectivity index (χ3n) is 4.38. The first-order valence-corrected chi connectivity index (χ1v) is 10.2. The number of fused-ring (bicyclic) bond motifs is 1. The van der Waals surface area contributed by atoms with Crippen LogP contribution in [0.3, 0.4) is 0 Å². The molecule has 32 heavy (non-hydrogen) atoms. The predicted octanol–water partition coefficient (Wildman–Crippen LogP) is 4.96. The highest BCUT2D eigenvalue weighted by molar-refractivity contribution is 5.89. The fraction of sp³-hybridized carbons (Fsp3) is 0.167. The Morgan fingerprint density at radius 3 is 2.59 bits per heavy atom. The van der Waals surface area contributed by atoms with Crippen molar-refractivity contribution in [1.29, 1.82) is 0 Å². The smallest absolute Gasteiger partial charge is 0.185 e. The lowest BCUT2D eigenvalue weighted by Gasteiger charge is -2.23. The fourth-order valence-electron chi connectivity index (χ4n) is 3.10. The van der Waals surface area contributed by atoms with E-state index in [4.69, 9.17) is 4.74 Å². The van der Waals surface area contributed by atoms with Gasteiger partial charge in [0.2, 0.25) is 0 Å². The number of hydrogen-bond donors (Lipinski definition) is 2. The quantitative estimate of drug-likeness (QED) is 0.246. The van der Waals surface area contributed by atoms with Gasteiger partial charge < -0.3 is 14.6 Å². The molecule has 8 heteroatoms. The Labute approximate surface area is 186 Å². The van der Waals surface area contributed by atoms with Gasteiger partial charge >= 0.3 is 0 Å². The Morgan fingerprint density at radius 1 is 1.06 bits per heavy atom. The summed E-state index contributed by atoms with van der Waals surface area (Å²) in [7, 11) is 0. The molecule has 0 aliphatic carbocycles. The molecule has 0 spiro atoms. The van der Waals surface area contributed by atoms with Gasteiger partial charge in [-0.2, -0.15) is 5.10 Å². The first-order chi connectivity index (χ1) is 15.4. The molecule has 0 saturated heterocycles. The van der Waals surface area contributed by atoms with Gasteiger partial charge in [0.25, 0.3) is 0 Å². The van der Waals surface area contributed by atoms with Crippen molar-refractivity contribution >= 4 is 28.9 Å². The summed E-state index contributed by atoms with van der Waals surface area (Å²) in [6.07, 6.45) is 6.88. The van der Waals surface area contributed by atoms with Crippen molar-refractivity contribution in [2.75, 3.05) is 10.7 Å². The van der Waals surface area contributed by atoms with Gasteiger partial charge in [-0.1, -0.05) is 18.2 Å². The van der Waals surface area contributed by atoms with Gasteiger partial charge in [0, 0.05) is 23.6 Å². The maximum Gasteiger partial charge on any atom is 0.185 e. The number of ether oxygens (including phenoxy) is 1. The van der Waals surface area contributed by atoms with E-state index in [9.17, 15) is 0 Å². The monoisotopic (exact) mass is 427 g/mol. The average Bonchev–Trinajstić information content (AvgIpc) is 3.19. The summed E-state index contributed by atoms with van der Waals surface area (Å²) in [6, 6.07) is 15.7. The highest BCUT2D eigenvalue weighted by atomic mass is 16.5. The first kappa shape index (κ1) is 21.0. The van der Waals surface area contributed by atoms with Crippen LogP contribution in [-0.2, 0) is 4.74 Å². The largest absolute Gasteiger partial charge is 0.474 e. The summed E-state index contributed by atoms with van der Waals surface area (Å²) in [4.78, 5) is 13.1. The molecule has 1 aromatic carbocycles. The topological polar surface area (TPSA) is 89.2 Å². The van der Waals surface area contributed by atoms with E-state index < -0.39 is 0 Å². The zero-order valence-corrected chi connectivity index (χ0v) is 18.3. The third kappa shape index (κ3) is 5.10. The second kappa shape index (κ2) is 8.89. The molecule has 8 nitrogen and oxygen atoms in total. The molecule has 0 saturated carbocycles. The van der Waals surface area contributed by atoms with E-state index in [2.05, 4.69) is 37.4 Å². The molecule has 0 amide bonds. The molecule has 162 valence electrons. The summed E-state index contributed by atoms with van der Waals surface area (Å²) >= 11 is 0. The van der Waals surface area contributed by atoms with Crippen LogP contribution >= 0.6 is 0 Å². The molecule has 4 rings (SSSR count). The molecule has 0 atom stereocenters. The number of pyridine rings is 1. The summed E-state index contributed by atoms with van der Waals surface area (Å²) in [5.74, 6) is 1.72. The average molecular weight is 428 g/mol. The number of hydrogen-bond acceptors (Lipinski definition) is 7. The van der Waals surface area contributed by atoms with Gasteiger partial charge in [-0.15, -0.1) is 0 Å². The molecular formula is C24H25N7O. The van der Waals surface area contributed by atoms with Crippen LogP contribution < -0.4 is 10.7 Å². The van der Waals surface area contributed by atoms with E-state index in [1.165, 1.54) is 6.33 Å². The van der Waals surface area contributed by atoms with Crippen LogP contribution in [0.2, 0.25) is 0 Å². The second-order valence-electron chi connectivity index (χ2n) is 8.09. The molecular weight excluding hydrogens is 402 g/mol. The normalized spacial score (nSPS) is 11.6. The van der Waals surface area contributed by atoms with E-state index in [1.54, 1.807) is 12.4 Å². The molecule has 4 aromatic rings. The van der Waals surface area contributed by atoms with Crippen LogP contribution in [-0.4, -0.2) is 31.3 Å². The van der Waals surface area contributed by atoms with Crippen LogP contribution in [0.15, 0.2) is 84.8 Å². The van der Waals surface area contributed by atoms with Crippen LogP contribution in [0.5, 0.6) is 0 Å². The Kier molecular flexibility index (Phi) is 5.85. The number of nitrogens with one attached hydrogen (secondary N) is 2. The molecule has 0 unspecified atom stereocenters. The Bertz CT molecular complexity index is 1240. The SMILES string of the molecule is C=C(Nc1ccc(/C=N/Nc2ncnc3c2ccn3-c2ccccc2)cn1)OC(C)(C)C. The summed E-state index contributed by atoms with van der Waals surface area (Å²) in [5.41, 5.74) is 5.35. The third-order valence-corrected chi connectivity index (χ3v) is 4.38. The van der Waals surface area contributed by atoms with Gasteiger partial charge in [-0.05, 0) is 57.7 Å². The van der Waals surface area contributed by atoms with Gasteiger partial charge in [0.1, 0.15) is 23.4 Å². The van der Waals surface area contributed by atoms with E-state index >= 15 is 0 Å². The number of para-hydroxylation sites is 1. The van der Waals surface area contributed by atoms with Crippen molar-refractivity contribution in [1.82, 2.24) is 19.5 Å². The molecule has 0 fully saturated rings. The lowest BCUT2D eigenvalue weighted by Crippen LogP contribution is -2.21. The van der Waals surface area contributed by atoms with Crippen molar-refractivity contribution in [3.63, 3.8) is 0 Å². The lowest BCUT2D eigenvalue weighted by atomic mass is 10.2. The number of aromatic nitrogens is 4. The fourth-order valence-corrected chi connectivity index (χ4v) is 3.10. The maximum absolute atomic E-state index is 5.66. The van der Waals surface area contributed by atoms with Crippen LogP contribution in [0.25, 0.3) is 16.7 Å². The number of benzene rings is 1. The van der Waals surface area contributed by atoms with E-state index in [1.807, 2.05) is 80.1 Å². The Balaban J connectivity index is 1.43. The Hall–Kier alpha value is -4.20. The Morgan fingerprint density at radius 2 is 1.88 bits per heavy atom. The molecule has 0 aliphatic rings. The van der Waals surface area contributed by atoms with Gasteiger partial charge in [-0.3, -0.25) is 5.43 Å². The van der Waals surface area contributed by atoms with E-state index in [-0.39, 0.29) is 5.60 Å². The zero-order chi connectivity index (χ0) is 22.6. The van der Waals surface area contributed by atoms with Gasteiger partial charge in [-0.25, -0.2) is 15.0 Å². The second-order valence-corrected chi connectivity index (χ2v) is 8.09. The van der Waals surface area contributed by atoms with Gasteiger partial charge in [0.15, 0.2) is 11.7 Å². The van der Waals surface area contributed by atoms with Crippen molar-refractivity contribution in [2.24, 2.45) is 5.10 Å². The molecule has 0 radical (unpaired) electrons. The van der Waals surface area contributed by atoms with Gasteiger partial charge in [0.05, 0.1) is 11.6 Å². The van der Waals surface area contributed by atoms with Crippen LogP contribution in [0.4, 0.5) is 11.6 Å². The maximum atomic E-state index is 5.66. The van der Waals surface area contributed by atoms with Crippen molar-refractivity contribution in [2.45, 2.75) is 26.4 Å². The molecule has 2 N–H and O–H groups in total. The summed E-state index contributed by atoms with van der Waals surface area (Å²) in [5, 5.41) is 8.22. The van der Waals surface area contributed by atoms with E-state index in [0.29, 0.717) is 17.5 Å². The first-order valence-electron chi connectivity index (χ1n) is 10.2. The zero-order valence-electron chi connectivity index (χ0n) is 18.3. The summed E-state index contributed by atoms with van der Waals surface area (Å²) in [6.45, 7) is 9.74.